The summed E-state index contributed by atoms with van der Waals surface area (Å²) in [7, 11) is 0. The summed E-state index contributed by atoms with van der Waals surface area (Å²) >= 11 is 0. The van der Waals surface area contributed by atoms with Crippen LogP contribution in [-0.2, 0) is 6.54 Å². The van der Waals surface area contributed by atoms with Gasteiger partial charge in [0.2, 0.25) is 0 Å². The minimum atomic E-state index is -2.62. The molecule has 0 radical (unpaired) electrons. The van der Waals surface area contributed by atoms with E-state index in [1.807, 2.05) is 42.5 Å². The lowest BCUT2D eigenvalue weighted by Crippen LogP contribution is -2.24. The summed E-state index contributed by atoms with van der Waals surface area (Å²) in [6.45, 7) is 0.578. The fourth-order valence-electron chi connectivity index (χ4n) is 5.08. The molecule has 8 nitrogen and oxygen atoms in total. The number of para-hydroxylation sites is 1. The molecule has 38 heavy (non-hydrogen) atoms. The predicted molar refractivity (Wildman–Crippen MR) is 140 cm³/mol. The van der Waals surface area contributed by atoms with E-state index >= 15 is 0 Å². The second-order valence-electron chi connectivity index (χ2n) is 9.61. The number of aromatic amines is 2. The van der Waals surface area contributed by atoms with Crippen LogP contribution in [0.5, 0.6) is 0 Å². The van der Waals surface area contributed by atoms with Crippen LogP contribution in [0.2, 0.25) is 0 Å². The number of halogens is 2. The Balaban J connectivity index is 1.24. The smallest absolute Gasteiger partial charge is 0.261 e. The zero-order valence-corrected chi connectivity index (χ0v) is 20.2. The van der Waals surface area contributed by atoms with E-state index in [4.69, 9.17) is 4.98 Å². The zero-order chi connectivity index (χ0) is 25.7. The number of hydrogen-bond donors (Lipinski definition) is 2. The molecule has 2 N–H and O–H groups in total. The maximum absolute atomic E-state index is 13.6. The number of rotatable bonds is 5. The second-order valence-corrected chi connectivity index (χ2v) is 9.61. The number of fused-ring (bicyclic) bond motifs is 2. The van der Waals surface area contributed by atoms with Crippen molar-refractivity contribution in [3.63, 3.8) is 0 Å². The highest BCUT2D eigenvalue weighted by atomic mass is 19.3. The van der Waals surface area contributed by atoms with Crippen LogP contribution in [0.25, 0.3) is 55.8 Å². The standard InChI is InChI=1S/C28H22F2N8/c29-28(30)6-9-38(16-28)15-17-10-19(13-32-12-17)23-11-21-24(14-33-23)36-37-26(21)27-34-22-3-1-2-20(25(22)35-27)18-4-7-31-8-5-18/h1-5,7-8,10-14H,6,9,15-16H2,(H,34,35)(H,36,37). The predicted octanol–water partition coefficient (Wildman–Crippen LogP) is 5.47. The van der Waals surface area contributed by atoms with Crippen molar-refractivity contribution in [3.05, 3.63) is 79.0 Å². The van der Waals surface area contributed by atoms with Crippen molar-refractivity contribution in [2.75, 3.05) is 13.1 Å². The average molecular weight is 509 g/mol. The number of nitrogens with one attached hydrogen (secondary N) is 2. The van der Waals surface area contributed by atoms with Crippen LogP contribution in [0.3, 0.4) is 0 Å². The molecule has 6 heterocycles. The fourth-order valence-corrected chi connectivity index (χ4v) is 5.08. The molecule has 0 aliphatic carbocycles. The van der Waals surface area contributed by atoms with Gasteiger partial charge in [0.05, 0.1) is 35.0 Å². The van der Waals surface area contributed by atoms with Gasteiger partial charge in [-0.05, 0) is 41.5 Å². The van der Waals surface area contributed by atoms with Crippen LogP contribution in [0.1, 0.15) is 12.0 Å². The summed E-state index contributed by atoms with van der Waals surface area (Å²) in [6, 6.07) is 13.9. The molecule has 1 saturated heterocycles. The molecule has 5 aromatic heterocycles. The summed E-state index contributed by atoms with van der Waals surface area (Å²) < 4.78 is 27.3. The minimum Gasteiger partial charge on any atom is -0.337 e. The van der Waals surface area contributed by atoms with Crippen molar-refractivity contribution in [1.82, 2.24) is 40.0 Å². The lowest BCUT2D eigenvalue weighted by Gasteiger charge is -2.15. The molecule has 0 unspecified atom stereocenters. The van der Waals surface area contributed by atoms with E-state index < -0.39 is 5.92 Å². The van der Waals surface area contributed by atoms with Crippen LogP contribution in [0.4, 0.5) is 8.78 Å². The molecule has 1 aromatic carbocycles. The highest BCUT2D eigenvalue weighted by Gasteiger charge is 2.37. The van der Waals surface area contributed by atoms with Gasteiger partial charge >= 0.3 is 0 Å². The van der Waals surface area contributed by atoms with Crippen molar-refractivity contribution in [2.45, 2.75) is 18.9 Å². The number of alkyl halides is 2. The summed E-state index contributed by atoms with van der Waals surface area (Å²) in [6.07, 6.45) is 8.62. The number of benzene rings is 1. The van der Waals surface area contributed by atoms with E-state index in [0.717, 1.165) is 49.9 Å². The monoisotopic (exact) mass is 508 g/mol. The molecule has 6 aromatic rings. The van der Waals surface area contributed by atoms with Gasteiger partial charge in [0.1, 0.15) is 5.69 Å². The normalized spacial score (nSPS) is 15.5. The molecule has 188 valence electrons. The summed E-state index contributed by atoms with van der Waals surface area (Å²) in [5.74, 6) is -1.97. The Morgan fingerprint density at radius 2 is 1.84 bits per heavy atom. The van der Waals surface area contributed by atoms with Crippen LogP contribution in [0, 0.1) is 0 Å². The maximum atomic E-state index is 13.6. The van der Waals surface area contributed by atoms with Crippen molar-refractivity contribution >= 4 is 21.9 Å². The molecule has 10 heteroatoms. The number of hydrogen-bond acceptors (Lipinski definition) is 6. The molecule has 0 atom stereocenters. The van der Waals surface area contributed by atoms with Crippen LogP contribution in [-0.4, -0.2) is 59.0 Å². The van der Waals surface area contributed by atoms with Crippen LogP contribution < -0.4 is 0 Å². The lowest BCUT2D eigenvalue weighted by atomic mass is 10.1. The van der Waals surface area contributed by atoms with Gasteiger partial charge in [-0.1, -0.05) is 12.1 Å². The number of pyridine rings is 3. The highest BCUT2D eigenvalue weighted by molar-refractivity contribution is 5.97. The Morgan fingerprint density at radius 1 is 0.947 bits per heavy atom. The molecule has 1 aliphatic rings. The topological polar surface area (TPSA) is 99.3 Å². The summed E-state index contributed by atoms with van der Waals surface area (Å²) in [4.78, 5) is 23.1. The minimum absolute atomic E-state index is 0.104. The third-order valence-corrected chi connectivity index (χ3v) is 6.92. The Kier molecular flexibility index (Phi) is 5.22. The largest absolute Gasteiger partial charge is 0.337 e. The quantitative estimate of drug-likeness (QED) is 0.321. The zero-order valence-electron chi connectivity index (χ0n) is 20.2. The molecule has 1 aliphatic heterocycles. The summed E-state index contributed by atoms with van der Waals surface area (Å²) in [5.41, 5.74) is 7.66. The molecule has 1 fully saturated rings. The van der Waals surface area contributed by atoms with Crippen molar-refractivity contribution < 1.29 is 8.78 Å². The lowest BCUT2D eigenvalue weighted by molar-refractivity contribution is 0.0115. The third kappa shape index (κ3) is 4.08. The number of H-pyrrole nitrogens is 2. The molecule has 0 amide bonds. The van der Waals surface area contributed by atoms with Crippen LogP contribution in [0.15, 0.2) is 73.4 Å². The number of aromatic nitrogens is 7. The van der Waals surface area contributed by atoms with Crippen molar-refractivity contribution in [2.24, 2.45) is 0 Å². The maximum Gasteiger partial charge on any atom is 0.261 e. The molecule has 0 saturated carbocycles. The Bertz CT molecular complexity index is 1780. The SMILES string of the molecule is FC1(F)CCN(Cc2cncc(-c3cc4c(-c5nc6c(-c7ccncc7)cccc6[nH]5)n[nH]c4cn3)c2)C1. The molecule has 0 spiro atoms. The Hall–Kier alpha value is -4.57. The first kappa shape index (κ1) is 22.6. The average Bonchev–Trinajstić information content (AvgIpc) is 3.64. The van der Waals surface area contributed by atoms with Crippen LogP contribution >= 0.6 is 0 Å². The van der Waals surface area contributed by atoms with E-state index in [-0.39, 0.29) is 13.0 Å². The second kappa shape index (κ2) is 8.77. The molecule has 7 rings (SSSR count). The van der Waals surface area contributed by atoms with E-state index in [2.05, 4.69) is 30.1 Å². The number of nitrogens with zero attached hydrogens (tertiary/aromatic N) is 6. The van der Waals surface area contributed by atoms with Gasteiger partial charge in [-0.25, -0.2) is 13.8 Å². The molecular formula is C28H22F2N8. The van der Waals surface area contributed by atoms with Gasteiger partial charge < -0.3 is 4.98 Å². The van der Waals surface area contributed by atoms with Gasteiger partial charge in [-0.15, -0.1) is 0 Å². The van der Waals surface area contributed by atoms with E-state index in [1.54, 1.807) is 35.9 Å². The van der Waals surface area contributed by atoms with E-state index in [9.17, 15) is 8.78 Å². The van der Waals surface area contributed by atoms with Gasteiger partial charge in [0.15, 0.2) is 5.82 Å². The number of imidazole rings is 1. The molecule has 0 bridgehead atoms. The van der Waals surface area contributed by atoms with Gasteiger partial charge in [0.25, 0.3) is 5.92 Å². The third-order valence-electron chi connectivity index (χ3n) is 6.92. The Labute approximate surface area is 215 Å². The Morgan fingerprint density at radius 3 is 2.68 bits per heavy atom. The first-order valence-electron chi connectivity index (χ1n) is 12.3. The summed E-state index contributed by atoms with van der Waals surface area (Å²) in [5, 5.41) is 8.45. The first-order chi connectivity index (χ1) is 18.5. The fraction of sp³-hybridized carbons (Fsp3) is 0.179. The van der Waals surface area contributed by atoms with Gasteiger partial charge in [-0.3, -0.25) is 25.0 Å². The van der Waals surface area contributed by atoms with Crippen molar-refractivity contribution in [1.29, 1.82) is 0 Å². The van der Waals surface area contributed by atoms with E-state index in [1.165, 1.54) is 0 Å². The number of likely N-dealkylation sites (tertiary alicyclic amines) is 1. The highest BCUT2D eigenvalue weighted by Crippen LogP contribution is 2.33. The van der Waals surface area contributed by atoms with Crippen molar-refractivity contribution in [3.8, 4) is 33.9 Å². The van der Waals surface area contributed by atoms with Gasteiger partial charge in [-0.2, -0.15) is 5.10 Å². The van der Waals surface area contributed by atoms with Gasteiger partial charge in [0, 0.05) is 60.8 Å². The molecular weight excluding hydrogens is 486 g/mol. The first-order valence-corrected chi connectivity index (χ1v) is 12.3. The van der Waals surface area contributed by atoms with E-state index in [0.29, 0.717) is 24.6 Å².